The number of hydrogen-bond donors (Lipinski definition) is 1. The average molecular weight is 377 g/mol. The van der Waals surface area contributed by atoms with Crippen LogP contribution in [0.4, 0.5) is 0 Å². The molecule has 134 valence electrons. The average Bonchev–Trinajstić information content (AvgIpc) is 3.04. The maximum absolute atomic E-state index is 12.7. The Kier molecular flexibility index (Phi) is 4.25. The normalized spacial score (nSPS) is 11.0. The third-order valence-corrected chi connectivity index (χ3v) is 4.58. The van der Waals surface area contributed by atoms with Crippen molar-refractivity contribution < 1.29 is 4.79 Å². The minimum atomic E-state index is -0.203. The minimum Gasteiger partial charge on any atom is -0.295 e. The molecule has 0 amide bonds. The topological polar surface area (TPSA) is 85.6 Å². The number of aromatic amines is 1. The molecule has 8 heteroatoms. The van der Waals surface area contributed by atoms with E-state index in [2.05, 4.69) is 15.3 Å². The van der Waals surface area contributed by atoms with E-state index in [4.69, 9.17) is 12.2 Å². The smallest absolute Gasteiger partial charge is 0.275 e. The Morgan fingerprint density at radius 3 is 2.81 bits per heavy atom. The molecule has 0 unspecified atom stereocenters. The van der Waals surface area contributed by atoms with Crippen LogP contribution >= 0.6 is 12.2 Å². The maximum atomic E-state index is 12.7. The van der Waals surface area contributed by atoms with Gasteiger partial charge in [-0.2, -0.15) is 10.2 Å². The van der Waals surface area contributed by atoms with Gasteiger partial charge in [0.1, 0.15) is 6.54 Å². The highest BCUT2D eigenvalue weighted by Gasteiger charge is 2.13. The highest BCUT2D eigenvalue weighted by atomic mass is 32.1. The largest absolute Gasteiger partial charge is 0.295 e. The van der Waals surface area contributed by atoms with E-state index < -0.39 is 0 Å². The zero-order chi connectivity index (χ0) is 19.0. The Balaban J connectivity index is 1.81. The fourth-order valence-electron chi connectivity index (χ4n) is 2.94. The minimum absolute atomic E-state index is 0.0409. The summed E-state index contributed by atoms with van der Waals surface area (Å²) < 4.78 is 3.42. The van der Waals surface area contributed by atoms with E-state index in [-0.39, 0.29) is 17.9 Å². The number of H-pyrrole nitrogens is 1. The first-order valence-corrected chi connectivity index (χ1v) is 8.68. The van der Waals surface area contributed by atoms with Crippen molar-refractivity contribution in [2.24, 2.45) is 0 Å². The van der Waals surface area contributed by atoms with Gasteiger partial charge >= 0.3 is 0 Å². The molecule has 2 aromatic carbocycles. The second-order valence-corrected chi connectivity index (χ2v) is 6.47. The van der Waals surface area contributed by atoms with E-state index in [0.717, 1.165) is 5.39 Å². The molecule has 4 aromatic rings. The van der Waals surface area contributed by atoms with Gasteiger partial charge in [-0.05, 0) is 37.3 Å². The zero-order valence-electron chi connectivity index (χ0n) is 14.4. The fourth-order valence-corrected chi connectivity index (χ4v) is 3.20. The maximum Gasteiger partial charge on any atom is 0.275 e. The van der Waals surface area contributed by atoms with Crippen LogP contribution in [0.1, 0.15) is 23.1 Å². The second-order valence-electron chi connectivity index (χ2n) is 6.08. The van der Waals surface area contributed by atoms with Crippen LogP contribution in [0.2, 0.25) is 0 Å². The first kappa shape index (κ1) is 17.0. The van der Waals surface area contributed by atoms with Crippen LogP contribution in [0.3, 0.4) is 0 Å². The molecule has 0 spiro atoms. The summed E-state index contributed by atoms with van der Waals surface area (Å²) in [7, 11) is 0. The lowest BCUT2D eigenvalue weighted by Crippen LogP contribution is -2.24. The summed E-state index contributed by atoms with van der Waals surface area (Å²) in [5.74, 6) is 0.478. The van der Waals surface area contributed by atoms with Gasteiger partial charge in [-0.25, -0.2) is 4.68 Å². The molecular weight excluding hydrogens is 362 g/mol. The Morgan fingerprint density at radius 2 is 2.00 bits per heavy atom. The number of rotatable bonds is 4. The first-order valence-electron chi connectivity index (χ1n) is 8.27. The summed E-state index contributed by atoms with van der Waals surface area (Å²) >= 11 is 5.34. The van der Waals surface area contributed by atoms with Crippen LogP contribution in [0.15, 0.2) is 59.5 Å². The van der Waals surface area contributed by atoms with Crippen LogP contribution in [0.5, 0.6) is 0 Å². The van der Waals surface area contributed by atoms with E-state index >= 15 is 0 Å². The van der Waals surface area contributed by atoms with Crippen molar-refractivity contribution in [3.8, 4) is 5.69 Å². The van der Waals surface area contributed by atoms with Gasteiger partial charge < -0.3 is 0 Å². The lowest BCUT2D eigenvalue weighted by molar-refractivity contribution is 0.101. The molecule has 1 N–H and O–H groups in total. The molecule has 0 aliphatic heterocycles. The summed E-state index contributed by atoms with van der Waals surface area (Å²) in [6.07, 6.45) is 1.65. The highest BCUT2D eigenvalue weighted by Crippen LogP contribution is 2.15. The third-order valence-electron chi connectivity index (χ3n) is 4.31. The molecule has 0 atom stereocenters. The second kappa shape index (κ2) is 6.73. The highest BCUT2D eigenvalue weighted by molar-refractivity contribution is 7.71. The monoisotopic (exact) mass is 377 g/mol. The quantitative estimate of drug-likeness (QED) is 0.437. The van der Waals surface area contributed by atoms with E-state index in [1.54, 1.807) is 35.0 Å². The molecule has 0 radical (unpaired) electrons. The molecule has 0 aliphatic rings. The number of carbonyl (C=O) groups excluding carboxylic acids is 1. The van der Waals surface area contributed by atoms with Gasteiger partial charge in [-0.3, -0.25) is 19.3 Å². The van der Waals surface area contributed by atoms with Crippen molar-refractivity contribution in [3.63, 3.8) is 0 Å². The molecule has 7 nitrogen and oxygen atoms in total. The number of carbonyl (C=O) groups is 1. The van der Waals surface area contributed by atoms with Crippen LogP contribution in [-0.2, 0) is 6.54 Å². The van der Waals surface area contributed by atoms with Gasteiger partial charge in [0, 0.05) is 10.9 Å². The number of nitrogens with zero attached hydrogens (tertiary/aromatic N) is 4. The Morgan fingerprint density at radius 1 is 1.19 bits per heavy atom. The van der Waals surface area contributed by atoms with Crippen LogP contribution in [-0.4, -0.2) is 30.3 Å². The number of fused-ring (bicyclic) bond motifs is 1. The summed E-state index contributed by atoms with van der Waals surface area (Å²) in [5, 5.41) is 12.6. The fraction of sp³-hybridized carbons (Fsp3) is 0.105. The summed E-state index contributed by atoms with van der Waals surface area (Å²) in [6.45, 7) is 1.65. The molecule has 2 heterocycles. The lowest BCUT2D eigenvalue weighted by atomic mass is 10.1. The molecular formula is C19H15N5O2S. The molecule has 0 saturated carbocycles. The Labute approximate surface area is 158 Å². The van der Waals surface area contributed by atoms with Crippen molar-refractivity contribution in [2.75, 3.05) is 0 Å². The number of Topliss-reactive ketones (excluding diaryl/α,β-unsaturated/α-hetero) is 1. The number of aromatic nitrogens is 5. The van der Waals surface area contributed by atoms with Gasteiger partial charge in [-0.15, -0.1) is 0 Å². The van der Waals surface area contributed by atoms with E-state index in [1.165, 1.54) is 11.6 Å². The molecule has 0 aliphatic carbocycles. The number of benzene rings is 2. The summed E-state index contributed by atoms with van der Waals surface area (Å²) in [4.78, 5) is 24.4. The van der Waals surface area contributed by atoms with Crippen LogP contribution in [0.25, 0.3) is 16.5 Å². The van der Waals surface area contributed by atoms with E-state index in [9.17, 15) is 9.59 Å². The Bertz CT molecular complexity index is 1280. The SMILES string of the molecule is CC(=O)c1cccc(-n2c(Cn3ncc4ccccc4c3=O)n[nH]c2=S)c1. The van der Waals surface area contributed by atoms with Crippen LogP contribution in [0, 0.1) is 4.77 Å². The molecule has 4 rings (SSSR count). The summed E-state index contributed by atoms with van der Waals surface area (Å²) in [5.41, 5.74) is 1.07. The van der Waals surface area contributed by atoms with Crippen molar-refractivity contribution >= 4 is 28.8 Å². The number of ketones is 1. The predicted octanol–water partition coefficient (Wildman–Crippen LogP) is 2.89. The van der Waals surface area contributed by atoms with Gasteiger partial charge in [0.15, 0.2) is 16.4 Å². The molecule has 27 heavy (non-hydrogen) atoms. The van der Waals surface area contributed by atoms with Crippen molar-refractivity contribution in [3.05, 3.63) is 81.2 Å². The van der Waals surface area contributed by atoms with E-state index in [0.29, 0.717) is 27.2 Å². The molecule has 0 fully saturated rings. The van der Waals surface area contributed by atoms with Crippen molar-refractivity contribution in [1.82, 2.24) is 24.5 Å². The lowest BCUT2D eigenvalue weighted by Gasteiger charge is -2.09. The molecule has 2 aromatic heterocycles. The van der Waals surface area contributed by atoms with Crippen molar-refractivity contribution in [1.29, 1.82) is 0 Å². The van der Waals surface area contributed by atoms with Gasteiger partial charge in [0.2, 0.25) is 0 Å². The van der Waals surface area contributed by atoms with Gasteiger partial charge in [-0.1, -0.05) is 30.3 Å². The van der Waals surface area contributed by atoms with E-state index in [1.807, 2.05) is 24.3 Å². The zero-order valence-corrected chi connectivity index (χ0v) is 15.2. The van der Waals surface area contributed by atoms with Gasteiger partial charge in [0.25, 0.3) is 5.56 Å². The Hall–Kier alpha value is -3.39. The van der Waals surface area contributed by atoms with Crippen LogP contribution < -0.4 is 5.56 Å². The molecule has 0 saturated heterocycles. The number of hydrogen-bond acceptors (Lipinski definition) is 5. The van der Waals surface area contributed by atoms with Gasteiger partial charge in [0.05, 0.1) is 17.3 Å². The molecule has 0 bridgehead atoms. The third kappa shape index (κ3) is 3.11. The standard InChI is InChI=1S/C19H15N5O2S/c1-12(25)13-6-4-7-15(9-13)24-17(21-22-19(24)27)11-23-18(26)16-8-3-2-5-14(16)10-20-23/h2-10H,11H2,1H3,(H,22,27). The predicted molar refractivity (Wildman–Crippen MR) is 104 cm³/mol. The number of nitrogens with one attached hydrogen (secondary N) is 1. The summed E-state index contributed by atoms with van der Waals surface area (Å²) in [6, 6.07) is 14.4. The van der Waals surface area contributed by atoms with Crippen molar-refractivity contribution in [2.45, 2.75) is 13.5 Å². The first-order chi connectivity index (χ1) is 13.0.